The molecule has 22 rings (SSSR count). The summed E-state index contributed by atoms with van der Waals surface area (Å²) < 4.78 is 120. The second kappa shape index (κ2) is 39.9. The standard InChI is InChI=1S/C28H17BrS.C22H21BO2S.C17H13BrOS.C16H9BrS.C12H24B2O4.C12H8BrI.CHF3O3S/c29-22-15-13-19(14-16-22)18-9-11-20(12-10-18)27-23-6-2-1-5-21(23)17-25-24-7-3-4-8-26(24)30-28(25)27;1-21(2)22(3,4)25-23(24-21)19-15-10-6-5-9-14(15)13-17-16-11-7-8-12-18(16)26-20(17)19;1-20(19)17-15(12-7-3-2-4-8-12)11-13-9-5-6-10-14(13)16(17)18;17-15-11-6-2-1-5-10(11)9-13-12-7-3-4-8-14(12)18-16(13)15;1-9(2)10(3,4)16-13(15-9)14-17-11(5,6)12(7,8)18-14;13-11-5-1-9(2-6-11)10-3-7-12(14)8-4-10;2-1(3,4)8(5,6)7/h1-17H;5-13H,1-4H3;2-11H,1H3;1-9H;1-8H3;1-8H;(H,5,6,7). The number of rotatable bonds is 7. The van der Waals surface area contributed by atoms with Crippen LogP contribution in [-0.4, -0.2) is 83.7 Å². The van der Waals surface area contributed by atoms with E-state index in [1.54, 1.807) is 6.26 Å². The molecule has 0 spiro atoms. The van der Waals surface area contributed by atoms with Gasteiger partial charge in [-0.2, -0.15) is 21.6 Å². The first-order valence-electron chi connectivity index (χ1n) is 43.3. The minimum atomic E-state index is -5.84. The third-order valence-corrected chi connectivity index (χ3v) is 34.5. The first-order chi connectivity index (χ1) is 63.6. The van der Waals surface area contributed by atoms with Crippen LogP contribution in [0.3, 0.4) is 0 Å². The van der Waals surface area contributed by atoms with E-state index in [4.69, 9.17) is 40.9 Å². The van der Waals surface area contributed by atoms with Crippen LogP contribution in [0.25, 0.3) is 148 Å². The molecular formula is C108H93B3Br4F3IO10S5. The van der Waals surface area contributed by atoms with Gasteiger partial charge in [0.2, 0.25) is 0 Å². The van der Waals surface area contributed by atoms with Crippen molar-refractivity contribution in [3.8, 4) is 44.5 Å². The molecule has 3 fully saturated rings. The maximum absolute atomic E-state index is 12.2. The molecule has 10 nitrogen and oxygen atoms in total. The van der Waals surface area contributed by atoms with Crippen LogP contribution in [-0.2, 0) is 48.8 Å². The van der Waals surface area contributed by atoms with Gasteiger partial charge in [-0.15, -0.1) is 34.0 Å². The smallest absolute Gasteiger partial charge is 0.405 e. The van der Waals surface area contributed by atoms with Gasteiger partial charge in [0, 0.05) is 94.6 Å². The summed E-state index contributed by atoms with van der Waals surface area (Å²) in [5.41, 5.74) is 3.19. The number of fused-ring (bicyclic) bond motifs is 13. The minimum absolute atomic E-state index is 0.350. The lowest BCUT2D eigenvalue weighted by Crippen LogP contribution is -2.41. The summed E-state index contributed by atoms with van der Waals surface area (Å²) in [6.45, 7) is 24.7. The Bertz CT molecular complexity index is 7610. The molecule has 3 saturated heterocycles. The van der Waals surface area contributed by atoms with Gasteiger partial charge in [-0.1, -0.05) is 275 Å². The van der Waals surface area contributed by atoms with Gasteiger partial charge in [-0.3, -0.25) is 8.76 Å². The Balaban J connectivity index is 0.000000117. The summed E-state index contributed by atoms with van der Waals surface area (Å²) in [6, 6.07) is 113. The van der Waals surface area contributed by atoms with Crippen molar-refractivity contribution in [1.82, 2.24) is 0 Å². The highest BCUT2D eigenvalue weighted by Crippen LogP contribution is 2.49. The molecule has 3 aliphatic heterocycles. The zero-order valence-electron chi connectivity index (χ0n) is 75.5. The summed E-state index contributed by atoms with van der Waals surface area (Å²) >= 11 is 22.3. The first kappa shape index (κ1) is 98.7. The van der Waals surface area contributed by atoms with Gasteiger partial charge in [-0.05, 0) is 298 Å². The molecule has 0 saturated carbocycles. The van der Waals surface area contributed by atoms with Gasteiger partial charge >= 0.3 is 36.8 Å². The summed E-state index contributed by atoms with van der Waals surface area (Å²) in [4.78, 5) is 0.856. The number of thiophene rings is 3. The van der Waals surface area contributed by atoms with Gasteiger partial charge < -0.3 is 27.9 Å². The zero-order valence-corrected chi connectivity index (χ0v) is 88.1. The molecule has 680 valence electrons. The highest BCUT2D eigenvalue weighted by molar-refractivity contribution is 14.1. The quantitative estimate of drug-likeness (QED) is 0.0713. The highest BCUT2D eigenvalue weighted by Gasteiger charge is 2.64. The molecule has 6 heterocycles. The molecule has 3 aliphatic rings. The molecule has 0 bridgehead atoms. The average Bonchev–Trinajstić information content (AvgIpc) is 1.57. The Morgan fingerprint density at radius 2 is 0.642 bits per heavy atom. The van der Waals surface area contributed by atoms with Crippen LogP contribution in [0.4, 0.5) is 13.2 Å². The molecule has 0 amide bonds. The third kappa shape index (κ3) is 20.9. The van der Waals surface area contributed by atoms with E-state index in [1.165, 1.54) is 134 Å². The van der Waals surface area contributed by atoms with Gasteiger partial charge in [0.25, 0.3) is 0 Å². The fourth-order valence-electron chi connectivity index (χ4n) is 16.2. The molecule has 16 aromatic carbocycles. The highest BCUT2D eigenvalue weighted by atomic mass is 127. The Hall–Kier alpha value is -8.33. The van der Waals surface area contributed by atoms with Crippen molar-refractivity contribution < 1.29 is 58.3 Å². The molecular weight excluding hydrogens is 2150 g/mol. The van der Waals surface area contributed by atoms with Crippen LogP contribution in [0, 0.1) is 3.57 Å². The van der Waals surface area contributed by atoms with Gasteiger partial charge in [0.1, 0.15) is 0 Å². The van der Waals surface area contributed by atoms with Crippen molar-refractivity contribution in [1.29, 1.82) is 0 Å². The predicted octanol–water partition coefficient (Wildman–Crippen LogP) is 33.2. The summed E-state index contributed by atoms with van der Waals surface area (Å²) in [5.74, 6) is 0. The zero-order chi connectivity index (χ0) is 95.4. The average molecular weight is 2250 g/mol. The Morgan fingerprint density at radius 3 is 1.06 bits per heavy atom. The Morgan fingerprint density at radius 1 is 0.343 bits per heavy atom. The number of alkyl halides is 3. The second-order valence-corrected chi connectivity index (χ2v) is 46.3. The van der Waals surface area contributed by atoms with Crippen molar-refractivity contribution in [2.75, 3.05) is 6.26 Å². The Kier molecular flexibility index (Phi) is 29.4. The lowest BCUT2D eigenvalue weighted by Gasteiger charge is -2.32. The molecule has 134 heavy (non-hydrogen) atoms. The lowest BCUT2D eigenvalue weighted by atomic mass is 9.49. The van der Waals surface area contributed by atoms with Crippen LogP contribution in [0.5, 0.6) is 0 Å². The van der Waals surface area contributed by atoms with Crippen LogP contribution in [0.15, 0.2) is 344 Å². The maximum atomic E-state index is 12.2. The van der Waals surface area contributed by atoms with E-state index in [9.17, 15) is 17.4 Å². The first-order valence-corrected chi connectivity index (χ1v) is 53.0. The number of halogens is 8. The van der Waals surface area contributed by atoms with E-state index in [0.717, 1.165) is 45.7 Å². The molecule has 1 N–H and O–H groups in total. The topological polar surface area (TPSA) is 127 Å². The molecule has 0 aliphatic carbocycles. The summed E-state index contributed by atoms with van der Waals surface area (Å²) in [5, 5.41) is 17.8. The third-order valence-electron chi connectivity index (χ3n) is 25.4. The number of hydrogen-bond donors (Lipinski definition) is 1. The SMILES string of the molecule is Brc1c2ccccc2cc2c1sc1ccccc12.Brc1ccc(-c2ccc(-c3c4ccccc4cc4c3sc3ccccc34)cc2)cc1.Brc1ccc(-c2ccc(I)cc2)cc1.CC1(C)OB(B2OC(C)(C)C(C)(C)O2)OC1(C)C.CC1(C)OB(c2c3ccccc3cc3c2sc2ccccc23)OC1(C)C.CS(=O)c1c(-c2ccccc2)cc2ccccc2c1Br.O=S(=O)(O)C(F)(F)F. The molecule has 19 aromatic rings. The van der Waals surface area contributed by atoms with Crippen LogP contribution in [0.2, 0.25) is 0 Å². The largest absolute Gasteiger partial charge is 0.522 e. The predicted molar refractivity (Wildman–Crippen MR) is 584 cm³/mol. The summed E-state index contributed by atoms with van der Waals surface area (Å²) in [6.07, 6.45) is 1.72. The van der Waals surface area contributed by atoms with Crippen molar-refractivity contribution in [3.05, 3.63) is 343 Å². The maximum Gasteiger partial charge on any atom is 0.522 e. The molecule has 1 unspecified atom stereocenters. The monoisotopic (exact) mass is 2240 g/mol. The number of hydrogen-bond acceptors (Lipinski definition) is 12. The van der Waals surface area contributed by atoms with Crippen molar-refractivity contribution in [3.63, 3.8) is 0 Å². The normalized spacial score (nSPS) is 15.9. The van der Waals surface area contributed by atoms with E-state index in [0.29, 0.717) is 0 Å². The lowest BCUT2D eigenvalue weighted by molar-refractivity contribution is -0.0510. The second-order valence-electron chi connectivity index (χ2n) is 35.8. The van der Waals surface area contributed by atoms with Crippen molar-refractivity contribution in [2.45, 2.75) is 127 Å². The Labute approximate surface area is 842 Å². The molecule has 26 heteroatoms. The van der Waals surface area contributed by atoms with Gasteiger partial charge in [-0.25, -0.2) is 0 Å². The summed E-state index contributed by atoms with van der Waals surface area (Å²) in [7, 11) is -8.21. The van der Waals surface area contributed by atoms with Crippen molar-refractivity contribution in [2.24, 2.45) is 0 Å². The van der Waals surface area contributed by atoms with Gasteiger partial charge in [0.05, 0.1) is 54.0 Å². The fourth-order valence-corrected chi connectivity index (χ4v) is 23.6. The van der Waals surface area contributed by atoms with Crippen LogP contribution in [0.1, 0.15) is 83.1 Å². The van der Waals surface area contributed by atoms with E-state index in [1.807, 2.05) is 138 Å². The molecule has 0 radical (unpaired) electrons. The molecule has 1 atom stereocenters. The van der Waals surface area contributed by atoms with E-state index >= 15 is 0 Å². The van der Waals surface area contributed by atoms with E-state index in [2.05, 4.69) is 387 Å². The fraction of sp³-hybridized carbons (Fsp3) is 0.185. The molecule has 3 aromatic heterocycles. The van der Waals surface area contributed by atoms with E-state index < -0.39 is 40.4 Å². The van der Waals surface area contributed by atoms with E-state index in [-0.39, 0.29) is 40.7 Å². The van der Waals surface area contributed by atoms with Gasteiger partial charge in [0.15, 0.2) is 0 Å². The van der Waals surface area contributed by atoms with Crippen molar-refractivity contribution >= 4 is 271 Å². The minimum Gasteiger partial charge on any atom is -0.405 e. The number of benzene rings is 16. The van der Waals surface area contributed by atoms with Crippen LogP contribution < -0.4 is 5.46 Å². The van der Waals surface area contributed by atoms with Crippen LogP contribution >= 0.6 is 120 Å².